The van der Waals surface area contributed by atoms with Crippen molar-refractivity contribution in [2.75, 3.05) is 24.5 Å². The first-order valence-electron chi connectivity index (χ1n) is 9.74. The largest absolute Gasteiger partial charge is 0.445 e. The zero-order chi connectivity index (χ0) is 22.7. The van der Waals surface area contributed by atoms with Crippen molar-refractivity contribution in [2.45, 2.75) is 19.1 Å². The molecule has 1 amide bonds. The minimum Gasteiger partial charge on any atom is -0.445 e. The van der Waals surface area contributed by atoms with E-state index in [0.29, 0.717) is 17.7 Å². The van der Waals surface area contributed by atoms with Gasteiger partial charge in [0.2, 0.25) is 5.28 Å². The fourth-order valence-corrected chi connectivity index (χ4v) is 3.91. The van der Waals surface area contributed by atoms with Crippen molar-refractivity contribution in [2.24, 2.45) is 0 Å². The zero-order valence-electron chi connectivity index (χ0n) is 16.7. The van der Waals surface area contributed by atoms with Gasteiger partial charge in [-0.05, 0) is 17.2 Å². The number of aromatic nitrogens is 3. The van der Waals surface area contributed by atoms with E-state index >= 15 is 0 Å². The Hall–Kier alpha value is -3.22. The Balaban J connectivity index is 1.55. The molecule has 1 atom stereocenters. The van der Waals surface area contributed by atoms with Crippen molar-refractivity contribution in [3.05, 3.63) is 58.3 Å². The summed E-state index contributed by atoms with van der Waals surface area (Å²) in [4.78, 5) is 28.1. The molecule has 1 unspecified atom stereocenters. The van der Waals surface area contributed by atoms with Crippen LogP contribution in [0.1, 0.15) is 12.0 Å². The van der Waals surface area contributed by atoms with Gasteiger partial charge in [-0.2, -0.15) is 10.2 Å². The predicted octanol–water partition coefficient (Wildman–Crippen LogP) is 4.21. The molecule has 1 aliphatic heterocycles. The molecule has 0 bridgehead atoms. The Morgan fingerprint density at radius 2 is 2.03 bits per heavy atom. The van der Waals surface area contributed by atoms with Gasteiger partial charge in [-0.3, -0.25) is 0 Å². The highest BCUT2D eigenvalue weighted by molar-refractivity contribution is 6.30. The third-order valence-electron chi connectivity index (χ3n) is 5.14. The quantitative estimate of drug-likeness (QED) is 0.412. The molecule has 2 aromatic heterocycles. The second-order valence-electron chi connectivity index (χ2n) is 7.14. The predicted molar refractivity (Wildman–Crippen MR) is 117 cm³/mol. The first kappa shape index (κ1) is 22.0. The number of hydrogen-bond acceptors (Lipinski definition) is 7. The molecule has 4 rings (SSSR count). The van der Waals surface area contributed by atoms with E-state index in [2.05, 4.69) is 21.0 Å². The van der Waals surface area contributed by atoms with Gasteiger partial charge in [-0.15, -0.1) is 0 Å². The molecular weight excluding hydrogens is 458 g/mol. The van der Waals surface area contributed by atoms with Crippen molar-refractivity contribution in [3.63, 3.8) is 0 Å². The fraction of sp³-hybridized carbons (Fsp3) is 0.286. The summed E-state index contributed by atoms with van der Waals surface area (Å²) in [5.74, 6) is -0.422. The SMILES string of the molecule is N#CCC1CN(c2nc(Cl)nc3c(F)c(Cl)ncc23)CCN1C(=O)OCc1ccccc1. The lowest BCUT2D eigenvalue weighted by molar-refractivity contribution is 0.0768. The first-order chi connectivity index (χ1) is 15.5. The van der Waals surface area contributed by atoms with Crippen molar-refractivity contribution < 1.29 is 13.9 Å². The maximum atomic E-state index is 14.4. The van der Waals surface area contributed by atoms with E-state index in [1.54, 1.807) is 0 Å². The van der Waals surface area contributed by atoms with Crippen LogP contribution in [0.25, 0.3) is 10.9 Å². The number of fused-ring (bicyclic) bond motifs is 1. The molecule has 1 saturated heterocycles. The topological polar surface area (TPSA) is 95.2 Å². The van der Waals surface area contributed by atoms with Crippen LogP contribution in [-0.2, 0) is 11.3 Å². The number of pyridine rings is 1. The number of rotatable bonds is 4. The number of nitrogens with zero attached hydrogens (tertiary/aromatic N) is 6. The lowest BCUT2D eigenvalue weighted by Gasteiger charge is -2.40. The van der Waals surface area contributed by atoms with Gasteiger partial charge in [0.05, 0.1) is 23.9 Å². The number of benzene rings is 1. The average Bonchev–Trinajstić information content (AvgIpc) is 2.80. The Morgan fingerprint density at radius 3 is 2.78 bits per heavy atom. The Morgan fingerprint density at radius 1 is 1.25 bits per heavy atom. The van der Waals surface area contributed by atoms with Crippen molar-refractivity contribution in [1.29, 1.82) is 5.26 Å². The molecule has 0 N–H and O–H groups in total. The smallest absolute Gasteiger partial charge is 0.410 e. The van der Waals surface area contributed by atoms with Crippen LogP contribution < -0.4 is 4.90 Å². The first-order valence-corrected chi connectivity index (χ1v) is 10.5. The molecule has 11 heteroatoms. The van der Waals surface area contributed by atoms with Gasteiger partial charge < -0.3 is 14.5 Å². The molecule has 3 aromatic rings. The van der Waals surface area contributed by atoms with Crippen LogP contribution in [0.3, 0.4) is 0 Å². The number of carbonyl (C=O) groups excluding carboxylic acids is 1. The van der Waals surface area contributed by atoms with Crippen molar-refractivity contribution >= 4 is 46.0 Å². The van der Waals surface area contributed by atoms with Gasteiger partial charge in [0.15, 0.2) is 11.0 Å². The summed E-state index contributed by atoms with van der Waals surface area (Å²) in [7, 11) is 0. The lowest BCUT2D eigenvalue weighted by Crippen LogP contribution is -2.55. The molecule has 0 saturated carbocycles. The number of nitriles is 1. The average molecular weight is 475 g/mol. The van der Waals surface area contributed by atoms with Crippen LogP contribution in [0.15, 0.2) is 36.5 Å². The van der Waals surface area contributed by atoms with E-state index in [1.807, 2.05) is 35.2 Å². The molecule has 32 heavy (non-hydrogen) atoms. The minimum absolute atomic E-state index is 0.0402. The highest BCUT2D eigenvalue weighted by Gasteiger charge is 2.33. The molecule has 164 valence electrons. The fourth-order valence-electron chi connectivity index (χ4n) is 3.60. The minimum atomic E-state index is -0.786. The van der Waals surface area contributed by atoms with E-state index < -0.39 is 18.0 Å². The number of halogens is 3. The van der Waals surface area contributed by atoms with Crippen molar-refractivity contribution in [1.82, 2.24) is 19.9 Å². The molecule has 0 radical (unpaired) electrons. The monoisotopic (exact) mass is 474 g/mol. The van der Waals surface area contributed by atoms with Gasteiger partial charge in [0.1, 0.15) is 17.9 Å². The third-order valence-corrected chi connectivity index (χ3v) is 5.58. The van der Waals surface area contributed by atoms with E-state index in [1.165, 1.54) is 11.1 Å². The second kappa shape index (κ2) is 9.51. The molecular formula is C21H17Cl2FN6O2. The standard InChI is InChI=1S/C21H17Cl2FN6O2/c22-18-16(24)17-15(10-26-18)19(28-20(23)27-17)29-8-9-30(14(11-29)6-7-25)21(31)32-12-13-4-2-1-3-5-13/h1-5,10,14H,6,8-9,11-12H2. The molecule has 1 aliphatic rings. The number of ether oxygens (including phenoxy) is 1. The number of piperazine rings is 1. The van der Waals surface area contributed by atoms with Crippen LogP contribution in [-0.4, -0.2) is 51.6 Å². The van der Waals surface area contributed by atoms with Gasteiger partial charge in [-0.1, -0.05) is 41.9 Å². The molecule has 3 heterocycles. The summed E-state index contributed by atoms with van der Waals surface area (Å²) in [6, 6.07) is 11.0. The highest BCUT2D eigenvalue weighted by Crippen LogP contribution is 2.30. The Kier molecular flexibility index (Phi) is 6.53. The summed E-state index contributed by atoms with van der Waals surface area (Å²) in [5, 5.41) is 9.18. The normalized spacial score (nSPS) is 16.1. The molecule has 8 nitrogen and oxygen atoms in total. The van der Waals surface area contributed by atoms with E-state index in [4.69, 9.17) is 27.9 Å². The molecule has 1 fully saturated rings. The lowest BCUT2D eigenvalue weighted by atomic mass is 10.1. The summed E-state index contributed by atoms with van der Waals surface area (Å²) >= 11 is 11.8. The number of carbonyl (C=O) groups is 1. The maximum absolute atomic E-state index is 14.4. The summed E-state index contributed by atoms with van der Waals surface area (Å²) in [6.45, 7) is 1.07. The second-order valence-corrected chi connectivity index (χ2v) is 7.83. The molecule has 0 aliphatic carbocycles. The number of hydrogen-bond donors (Lipinski definition) is 0. The van der Waals surface area contributed by atoms with E-state index in [9.17, 15) is 14.4 Å². The third kappa shape index (κ3) is 4.52. The highest BCUT2D eigenvalue weighted by atomic mass is 35.5. The summed E-state index contributed by atoms with van der Waals surface area (Å²) in [6.07, 6.45) is 0.969. The zero-order valence-corrected chi connectivity index (χ0v) is 18.2. The van der Waals surface area contributed by atoms with Crippen molar-refractivity contribution in [3.8, 4) is 6.07 Å². The van der Waals surface area contributed by atoms with E-state index in [-0.39, 0.29) is 42.1 Å². The van der Waals surface area contributed by atoms with Crippen LogP contribution >= 0.6 is 23.2 Å². The van der Waals surface area contributed by atoms with Crippen LogP contribution in [0.2, 0.25) is 10.4 Å². The maximum Gasteiger partial charge on any atom is 0.410 e. The van der Waals surface area contributed by atoms with Crippen LogP contribution in [0.4, 0.5) is 15.0 Å². The van der Waals surface area contributed by atoms with Gasteiger partial charge in [0.25, 0.3) is 0 Å². The van der Waals surface area contributed by atoms with Gasteiger partial charge in [-0.25, -0.2) is 19.2 Å². The molecule has 0 spiro atoms. The summed E-state index contributed by atoms with van der Waals surface area (Å²) in [5.41, 5.74) is 0.827. The summed E-state index contributed by atoms with van der Waals surface area (Å²) < 4.78 is 19.9. The van der Waals surface area contributed by atoms with E-state index in [0.717, 1.165) is 5.56 Å². The Labute approximate surface area is 193 Å². The molecule has 1 aromatic carbocycles. The van der Waals surface area contributed by atoms with Gasteiger partial charge >= 0.3 is 6.09 Å². The van der Waals surface area contributed by atoms with Crippen LogP contribution in [0.5, 0.6) is 0 Å². The number of anilines is 1. The number of amides is 1. The Bertz CT molecular complexity index is 1190. The van der Waals surface area contributed by atoms with Crippen LogP contribution in [0, 0.1) is 17.1 Å². The van der Waals surface area contributed by atoms with Gasteiger partial charge in [0, 0.05) is 25.8 Å².